The topological polar surface area (TPSA) is 49.3 Å². The number of aromatic nitrogens is 2. The molecular weight excluding hydrogens is 332 g/mol. The number of anilines is 1. The first-order valence-corrected chi connectivity index (χ1v) is 9.57. The van der Waals surface area contributed by atoms with Crippen molar-refractivity contribution in [1.29, 1.82) is 0 Å². The zero-order valence-corrected chi connectivity index (χ0v) is 15.6. The molecular formula is C19H24N4OS. The highest BCUT2D eigenvalue weighted by atomic mass is 32.2. The normalized spacial score (nSPS) is 15.2. The number of hydrogen-bond donors (Lipinski definition) is 0. The number of amides is 1. The molecule has 1 aromatic carbocycles. The van der Waals surface area contributed by atoms with Crippen molar-refractivity contribution < 1.29 is 4.79 Å². The van der Waals surface area contributed by atoms with Gasteiger partial charge in [-0.15, -0.1) is 11.8 Å². The van der Waals surface area contributed by atoms with Crippen LogP contribution in [-0.2, 0) is 10.5 Å². The van der Waals surface area contributed by atoms with Gasteiger partial charge in [-0.25, -0.2) is 4.98 Å². The Bertz CT molecular complexity index is 700. The van der Waals surface area contributed by atoms with Gasteiger partial charge >= 0.3 is 0 Å². The Labute approximate surface area is 153 Å². The Morgan fingerprint density at radius 2 is 1.92 bits per heavy atom. The maximum Gasteiger partial charge on any atom is 0.225 e. The summed E-state index contributed by atoms with van der Waals surface area (Å²) < 4.78 is 0. The zero-order chi connectivity index (χ0) is 17.6. The average Bonchev–Trinajstić information content (AvgIpc) is 2.67. The molecule has 6 heteroatoms. The first-order valence-electron chi connectivity index (χ1n) is 8.58. The molecule has 0 unspecified atom stereocenters. The molecule has 1 fully saturated rings. The Balaban J connectivity index is 1.58. The quantitative estimate of drug-likeness (QED) is 0.771. The van der Waals surface area contributed by atoms with Crippen molar-refractivity contribution in [3.8, 4) is 0 Å². The fourth-order valence-electron chi connectivity index (χ4n) is 3.01. The second-order valence-electron chi connectivity index (χ2n) is 6.48. The molecule has 3 rings (SSSR count). The SMILES string of the molecule is CN(C)C(=O)C1CCN(c2cncc(SCc3ccccc3)n2)CC1. The predicted octanol–water partition coefficient (Wildman–Crippen LogP) is 3.07. The summed E-state index contributed by atoms with van der Waals surface area (Å²) in [6.45, 7) is 1.71. The monoisotopic (exact) mass is 356 g/mol. The lowest BCUT2D eigenvalue weighted by molar-refractivity contribution is -0.133. The van der Waals surface area contributed by atoms with Crippen LogP contribution < -0.4 is 4.90 Å². The van der Waals surface area contributed by atoms with Crippen LogP contribution >= 0.6 is 11.8 Å². The summed E-state index contributed by atoms with van der Waals surface area (Å²) in [6.07, 6.45) is 5.39. The lowest BCUT2D eigenvalue weighted by Gasteiger charge is -2.33. The van der Waals surface area contributed by atoms with Gasteiger partial charge in [0.05, 0.1) is 12.4 Å². The maximum absolute atomic E-state index is 12.1. The summed E-state index contributed by atoms with van der Waals surface area (Å²) in [5.41, 5.74) is 1.28. The van der Waals surface area contributed by atoms with Crippen LogP contribution in [0.2, 0.25) is 0 Å². The highest BCUT2D eigenvalue weighted by molar-refractivity contribution is 7.98. The van der Waals surface area contributed by atoms with Gasteiger partial charge in [0.2, 0.25) is 5.91 Å². The van der Waals surface area contributed by atoms with Crippen LogP contribution in [0.1, 0.15) is 18.4 Å². The minimum atomic E-state index is 0.134. The van der Waals surface area contributed by atoms with Gasteiger partial charge in [0, 0.05) is 38.9 Å². The third-order valence-corrected chi connectivity index (χ3v) is 5.41. The van der Waals surface area contributed by atoms with Crippen molar-refractivity contribution in [1.82, 2.24) is 14.9 Å². The van der Waals surface area contributed by atoms with Gasteiger partial charge in [-0.05, 0) is 18.4 Å². The molecule has 0 atom stereocenters. The van der Waals surface area contributed by atoms with Crippen LogP contribution in [0.15, 0.2) is 47.8 Å². The van der Waals surface area contributed by atoms with Gasteiger partial charge in [-0.3, -0.25) is 9.78 Å². The summed E-state index contributed by atoms with van der Waals surface area (Å²) in [5, 5.41) is 0.938. The van der Waals surface area contributed by atoms with Crippen molar-refractivity contribution >= 4 is 23.5 Å². The molecule has 132 valence electrons. The van der Waals surface area contributed by atoms with Gasteiger partial charge < -0.3 is 9.80 Å². The largest absolute Gasteiger partial charge is 0.355 e. The third kappa shape index (κ3) is 4.72. The molecule has 1 amide bonds. The Morgan fingerprint density at radius 3 is 2.60 bits per heavy atom. The molecule has 0 saturated carbocycles. The minimum Gasteiger partial charge on any atom is -0.355 e. The second kappa shape index (κ2) is 8.34. The molecule has 2 aromatic rings. The van der Waals surface area contributed by atoms with Crippen molar-refractivity contribution in [2.45, 2.75) is 23.6 Å². The molecule has 0 bridgehead atoms. The molecule has 0 radical (unpaired) electrons. The first kappa shape index (κ1) is 17.7. The Morgan fingerprint density at radius 1 is 1.20 bits per heavy atom. The van der Waals surface area contributed by atoms with Crippen molar-refractivity contribution in [2.24, 2.45) is 5.92 Å². The summed E-state index contributed by atoms with van der Waals surface area (Å²) in [4.78, 5) is 25.1. The van der Waals surface area contributed by atoms with Crippen molar-refractivity contribution in [3.63, 3.8) is 0 Å². The number of hydrogen-bond acceptors (Lipinski definition) is 5. The minimum absolute atomic E-state index is 0.134. The van der Waals surface area contributed by atoms with Crippen LogP contribution in [0.3, 0.4) is 0 Å². The first-order chi connectivity index (χ1) is 12.1. The van der Waals surface area contributed by atoms with Crippen molar-refractivity contribution in [3.05, 3.63) is 48.3 Å². The van der Waals surface area contributed by atoms with Crippen LogP contribution in [0.4, 0.5) is 5.82 Å². The molecule has 25 heavy (non-hydrogen) atoms. The van der Waals surface area contributed by atoms with Gasteiger partial charge in [-0.1, -0.05) is 30.3 Å². The van der Waals surface area contributed by atoms with Gasteiger partial charge in [0.1, 0.15) is 10.8 Å². The number of rotatable bonds is 5. The molecule has 5 nitrogen and oxygen atoms in total. The number of benzene rings is 1. The van der Waals surface area contributed by atoms with Gasteiger partial charge in [0.15, 0.2) is 0 Å². The average molecular weight is 356 g/mol. The summed E-state index contributed by atoms with van der Waals surface area (Å²) in [6, 6.07) is 10.4. The number of carbonyl (C=O) groups excluding carboxylic acids is 1. The lowest BCUT2D eigenvalue weighted by Crippen LogP contribution is -2.40. The standard InChI is InChI=1S/C19H24N4OS/c1-22(2)19(24)16-8-10-23(11-9-16)17-12-20-13-18(21-17)25-14-15-6-4-3-5-7-15/h3-7,12-13,16H,8-11,14H2,1-2H3. The van der Waals surface area contributed by atoms with Crippen molar-refractivity contribution in [2.75, 3.05) is 32.1 Å². The maximum atomic E-state index is 12.1. The van der Waals surface area contributed by atoms with Crippen LogP contribution in [-0.4, -0.2) is 48.0 Å². The van der Waals surface area contributed by atoms with Gasteiger partial charge in [0.25, 0.3) is 0 Å². The third-order valence-electron chi connectivity index (χ3n) is 4.44. The fraction of sp³-hybridized carbons (Fsp3) is 0.421. The molecule has 0 N–H and O–H groups in total. The second-order valence-corrected chi connectivity index (χ2v) is 7.48. The molecule has 1 aliphatic rings. The predicted molar refractivity (Wildman–Crippen MR) is 102 cm³/mol. The van der Waals surface area contributed by atoms with E-state index in [2.05, 4.69) is 34.1 Å². The highest BCUT2D eigenvalue weighted by Gasteiger charge is 2.26. The molecule has 0 aliphatic carbocycles. The van der Waals surface area contributed by atoms with E-state index in [0.717, 1.165) is 42.5 Å². The fourth-order valence-corrected chi connectivity index (χ4v) is 3.81. The summed E-state index contributed by atoms with van der Waals surface area (Å²) >= 11 is 1.70. The number of thioether (sulfide) groups is 1. The Hall–Kier alpha value is -2.08. The van der Waals surface area contributed by atoms with E-state index in [1.165, 1.54) is 5.56 Å². The van der Waals surface area contributed by atoms with Crippen LogP contribution in [0, 0.1) is 5.92 Å². The molecule has 2 heterocycles. The van der Waals surface area contributed by atoms with E-state index >= 15 is 0 Å². The van der Waals surface area contributed by atoms with E-state index in [-0.39, 0.29) is 11.8 Å². The lowest BCUT2D eigenvalue weighted by atomic mass is 9.95. The summed E-state index contributed by atoms with van der Waals surface area (Å²) in [7, 11) is 3.65. The molecule has 0 spiro atoms. The Kier molecular flexibility index (Phi) is 5.91. The number of carbonyl (C=O) groups is 1. The van der Waals surface area contributed by atoms with Crippen LogP contribution in [0.25, 0.3) is 0 Å². The van der Waals surface area contributed by atoms with E-state index in [1.54, 1.807) is 16.7 Å². The highest BCUT2D eigenvalue weighted by Crippen LogP contribution is 2.25. The smallest absolute Gasteiger partial charge is 0.225 e. The van der Waals surface area contributed by atoms with E-state index in [4.69, 9.17) is 4.98 Å². The van der Waals surface area contributed by atoms with E-state index in [1.807, 2.05) is 32.6 Å². The van der Waals surface area contributed by atoms with Gasteiger partial charge in [-0.2, -0.15) is 0 Å². The van der Waals surface area contributed by atoms with Crippen LogP contribution in [0.5, 0.6) is 0 Å². The van der Waals surface area contributed by atoms with E-state index < -0.39 is 0 Å². The number of nitrogens with zero attached hydrogens (tertiary/aromatic N) is 4. The number of piperidine rings is 1. The molecule has 1 aromatic heterocycles. The van der Waals surface area contributed by atoms with E-state index in [0.29, 0.717) is 0 Å². The summed E-state index contributed by atoms with van der Waals surface area (Å²) in [5.74, 6) is 2.17. The van der Waals surface area contributed by atoms with E-state index in [9.17, 15) is 4.79 Å². The zero-order valence-electron chi connectivity index (χ0n) is 14.8. The molecule has 1 saturated heterocycles. The molecule has 1 aliphatic heterocycles.